The molecule has 256 valence electrons. The Bertz CT molecular complexity index is 1210. The number of piperazine rings is 1. The van der Waals surface area contributed by atoms with Gasteiger partial charge in [0.15, 0.2) is 0 Å². The van der Waals surface area contributed by atoms with Crippen molar-refractivity contribution in [3.05, 3.63) is 24.6 Å². The second-order valence-electron chi connectivity index (χ2n) is 15.1. The standard InChI is InChI=1S/C33H53F2N9O2/c1-5-26(45)41-13-14-42(19(4)16-41)31-22-15-24(35)29-27-23(34)7-6-8-25(27)43-17-21(39-40-43)10-9-20-11-12-36-28(18(2)3)30(20)44(32(22)37-29)33(46)38-31/h5,17-20,22-25,27-32,36-37,39-40H,1,6-16H2,2-4H3,(H,38,46)/t19-,20?,22?,23?,24?,25?,27?,28?,29?,30?,31?,32?/m0/s1. The van der Waals surface area contributed by atoms with Crippen molar-refractivity contribution < 1.29 is 18.4 Å². The molecule has 0 aromatic heterocycles. The van der Waals surface area contributed by atoms with Gasteiger partial charge in [-0.15, -0.1) is 5.53 Å². The number of hydrogen-bond acceptors (Lipinski definition) is 8. The third-order valence-corrected chi connectivity index (χ3v) is 12.2. The molecule has 11 unspecified atom stereocenters. The van der Waals surface area contributed by atoms with E-state index in [1.54, 1.807) is 4.90 Å². The lowest BCUT2D eigenvalue weighted by Crippen LogP contribution is -2.80. The zero-order valence-electron chi connectivity index (χ0n) is 27.5. The molecule has 0 spiro atoms. The lowest BCUT2D eigenvalue weighted by atomic mass is 9.71. The number of allylic oxidation sites excluding steroid dienone is 1. The normalized spacial score (nSPS) is 43.2. The molecular weight excluding hydrogens is 592 g/mol. The molecule has 5 N–H and O–H groups in total. The third-order valence-electron chi connectivity index (χ3n) is 12.2. The van der Waals surface area contributed by atoms with Gasteiger partial charge < -0.3 is 25.9 Å². The van der Waals surface area contributed by atoms with Crippen LogP contribution in [0.1, 0.15) is 65.7 Å². The number of hydrazine groups is 2. The maximum Gasteiger partial charge on any atom is 0.320 e. The van der Waals surface area contributed by atoms with E-state index in [0.29, 0.717) is 26.1 Å². The Morgan fingerprint density at radius 2 is 1.93 bits per heavy atom. The number of carbonyl (C=O) groups excluding carboxylic acids is 2. The number of rotatable bonds is 3. The minimum Gasteiger partial charge on any atom is -0.336 e. The Morgan fingerprint density at radius 3 is 2.70 bits per heavy atom. The van der Waals surface area contributed by atoms with E-state index in [9.17, 15) is 9.59 Å². The lowest BCUT2D eigenvalue weighted by Gasteiger charge is -2.60. The maximum atomic E-state index is 16.8. The smallest absolute Gasteiger partial charge is 0.320 e. The average molecular weight is 646 g/mol. The summed E-state index contributed by atoms with van der Waals surface area (Å²) in [6.07, 6.45) is 4.93. The van der Waals surface area contributed by atoms with Crippen LogP contribution in [0.25, 0.3) is 0 Å². The van der Waals surface area contributed by atoms with Crippen LogP contribution in [-0.2, 0) is 4.79 Å². The van der Waals surface area contributed by atoms with Gasteiger partial charge in [-0.1, -0.05) is 20.4 Å². The Balaban J connectivity index is 1.28. The fraction of sp³-hybridized carbons (Fsp3) is 0.818. The van der Waals surface area contributed by atoms with Gasteiger partial charge >= 0.3 is 6.03 Å². The van der Waals surface area contributed by atoms with Crippen molar-refractivity contribution in [2.75, 3.05) is 26.2 Å². The van der Waals surface area contributed by atoms with Crippen molar-refractivity contribution in [2.45, 2.75) is 121 Å². The molecule has 6 aliphatic heterocycles. The van der Waals surface area contributed by atoms with E-state index < -0.39 is 36.6 Å². The topological polar surface area (TPSA) is 107 Å². The van der Waals surface area contributed by atoms with Gasteiger partial charge in [0.1, 0.15) is 12.3 Å². The van der Waals surface area contributed by atoms with Gasteiger partial charge in [-0.3, -0.25) is 20.0 Å². The summed E-state index contributed by atoms with van der Waals surface area (Å²) in [5.74, 6) is -0.425. The van der Waals surface area contributed by atoms with Crippen molar-refractivity contribution >= 4 is 11.9 Å². The Kier molecular flexibility index (Phi) is 8.96. The minimum atomic E-state index is -1.28. The highest BCUT2D eigenvalue weighted by atomic mass is 19.1. The summed E-state index contributed by atoms with van der Waals surface area (Å²) in [6, 6.07) is -1.18. The van der Waals surface area contributed by atoms with Crippen LogP contribution in [0.2, 0.25) is 0 Å². The molecular formula is C33H53F2N9O2. The first-order chi connectivity index (χ1) is 22.2. The number of nitrogens with zero attached hydrogens (tertiary/aromatic N) is 4. The first-order valence-corrected chi connectivity index (χ1v) is 17.7. The van der Waals surface area contributed by atoms with Gasteiger partial charge in [0.25, 0.3) is 0 Å². The van der Waals surface area contributed by atoms with Crippen LogP contribution in [0.15, 0.2) is 24.6 Å². The predicted molar refractivity (Wildman–Crippen MR) is 171 cm³/mol. The van der Waals surface area contributed by atoms with Crippen LogP contribution in [-0.4, -0.2) is 113 Å². The molecule has 4 bridgehead atoms. The second kappa shape index (κ2) is 12.9. The van der Waals surface area contributed by atoms with Gasteiger partial charge in [-0.2, -0.15) is 0 Å². The number of nitrogens with one attached hydrogen (secondary N) is 5. The number of hydrogen-bond donors (Lipinski definition) is 5. The summed E-state index contributed by atoms with van der Waals surface area (Å²) in [6.45, 7) is 12.6. The number of halogens is 2. The highest BCUT2D eigenvalue weighted by Crippen LogP contribution is 2.44. The van der Waals surface area contributed by atoms with Crippen LogP contribution < -0.4 is 26.9 Å². The summed E-state index contributed by atoms with van der Waals surface area (Å²) in [4.78, 5) is 33.1. The van der Waals surface area contributed by atoms with Gasteiger partial charge in [-0.25, -0.2) is 13.6 Å². The molecule has 13 heteroatoms. The number of urea groups is 1. The monoisotopic (exact) mass is 645 g/mol. The largest absolute Gasteiger partial charge is 0.336 e. The number of amides is 3. The van der Waals surface area contributed by atoms with Gasteiger partial charge in [0.05, 0.1) is 24.4 Å². The molecule has 12 atom stereocenters. The van der Waals surface area contributed by atoms with Crippen LogP contribution >= 0.6 is 0 Å². The molecule has 1 saturated carbocycles. The third kappa shape index (κ3) is 5.58. The van der Waals surface area contributed by atoms with Gasteiger partial charge in [0.2, 0.25) is 5.91 Å². The van der Waals surface area contributed by atoms with Crippen molar-refractivity contribution in [3.63, 3.8) is 0 Å². The molecule has 7 aliphatic rings. The molecule has 4 saturated heterocycles. The zero-order valence-corrected chi connectivity index (χ0v) is 27.5. The highest BCUT2D eigenvalue weighted by molar-refractivity contribution is 5.87. The zero-order chi connectivity index (χ0) is 32.3. The summed E-state index contributed by atoms with van der Waals surface area (Å²) >= 11 is 0. The van der Waals surface area contributed by atoms with E-state index in [4.69, 9.17) is 0 Å². The van der Waals surface area contributed by atoms with Crippen molar-refractivity contribution in [1.82, 2.24) is 46.6 Å². The van der Waals surface area contributed by atoms with Crippen molar-refractivity contribution in [1.29, 1.82) is 0 Å². The Hall–Kier alpha value is -2.48. The number of carbonyl (C=O) groups is 2. The van der Waals surface area contributed by atoms with Crippen molar-refractivity contribution in [2.24, 2.45) is 23.7 Å². The molecule has 7 rings (SSSR count). The Morgan fingerprint density at radius 1 is 1.11 bits per heavy atom. The first kappa shape index (κ1) is 32.1. The molecule has 3 amide bonds. The van der Waals surface area contributed by atoms with E-state index in [2.05, 4.69) is 65.4 Å². The SMILES string of the molecule is C=CC(=O)N1CCN(C2NC(=O)N3C4NC(C(F)CC42)C2C(F)CCCC2N2C=C(CCC4CCNC(C(C)C)C43)NN2)[C@@H](C)C1. The fourth-order valence-corrected chi connectivity index (χ4v) is 10.0. The van der Waals surface area contributed by atoms with Crippen LogP contribution in [0.4, 0.5) is 13.6 Å². The summed E-state index contributed by atoms with van der Waals surface area (Å²) in [7, 11) is 0. The lowest BCUT2D eigenvalue weighted by molar-refractivity contribution is -0.132. The van der Waals surface area contributed by atoms with Crippen molar-refractivity contribution in [3.8, 4) is 0 Å². The molecule has 11 nitrogen and oxygen atoms in total. The fourth-order valence-electron chi connectivity index (χ4n) is 10.0. The molecule has 0 aromatic rings. The highest BCUT2D eigenvalue weighted by Gasteiger charge is 2.58. The molecule has 0 aromatic carbocycles. The van der Waals surface area contributed by atoms with E-state index in [1.165, 1.54) is 6.08 Å². The summed E-state index contributed by atoms with van der Waals surface area (Å²) in [5.41, 5.74) is 7.66. The molecule has 6 heterocycles. The summed E-state index contributed by atoms with van der Waals surface area (Å²) < 4.78 is 32.9. The predicted octanol–water partition coefficient (Wildman–Crippen LogP) is 2.17. The molecule has 1 aliphatic carbocycles. The quantitative estimate of drug-likeness (QED) is 0.298. The molecule has 0 radical (unpaired) electrons. The second-order valence-corrected chi connectivity index (χ2v) is 15.1. The number of alkyl halides is 2. The van der Waals surface area contributed by atoms with E-state index in [0.717, 1.165) is 44.3 Å². The van der Waals surface area contributed by atoms with Crippen LogP contribution in [0, 0.1) is 23.7 Å². The first-order valence-electron chi connectivity index (χ1n) is 17.7. The molecule has 5 fully saturated rings. The number of fused-ring (bicyclic) bond motifs is 7. The van der Waals surface area contributed by atoms with Gasteiger partial charge in [0, 0.05) is 61.5 Å². The minimum absolute atomic E-state index is 0.0417. The van der Waals surface area contributed by atoms with Crippen LogP contribution in [0.5, 0.6) is 0 Å². The van der Waals surface area contributed by atoms with E-state index in [-0.39, 0.29) is 60.3 Å². The van der Waals surface area contributed by atoms with Crippen LogP contribution in [0.3, 0.4) is 0 Å². The Labute approximate surface area is 271 Å². The van der Waals surface area contributed by atoms with Gasteiger partial charge in [-0.05, 0) is 76.3 Å². The van der Waals surface area contributed by atoms with E-state index in [1.807, 2.05) is 9.91 Å². The van der Waals surface area contributed by atoms with E-state index >= 15 is 8.78 Å². The maximum absolute atomic E-state index is 16.8. The summed E-state index contributed by atoms with van der Waals surface area (Å²) in [5, 5.41) is 12.8. The number of piperidine rings is 2. The molecule has 46 heavy (non-hydrogen) atoms. The average Bonchev–Trinajstić information content (AvgIpc) is 3.52.